The largest absolute Gasteiger partial charge is 0.481 e. The summed E-state index contributed by atoms with van der Waals surface area (Å²) in [5.74, 6) is 1.23. The lowest BCUT2D eigenvalue weighted by molar-refractivity contribution is -0.149. The Bertz CT molecular complexity index is 260. The Morgan fingerprint density at radius 1 is 1.14 bits per heavy atom. The summed E-state index contributed by atoms with van der Waals surface area (Å²) in [7, 11) is 0. The molecule has 3 aliphatic rings. The third kappa shape index (κ3) is 1.11. The van der Waals surface area contributed by atoms with Crippen molar-refractivity contribution in [3.63, 3.8) is 0 Å². The molecule has 14 heavy (non-hydrogen) atoms. The van der Waals surface area contributed by atoms with Gasteiger partial charge in [0.05, 0.1) is 5.92 Å². The SMILES string of the molecule is O=C(O)C1CN(C2CCC3CCC32)C1. The molecule has 3 nitrogen and oxygen atoms in total. The van der Waals surface area contributed by atoms with Crippen molar-refractivity contribution in [3.8, 4) is 0 Å². The molecule has 78 valence electrons. The maximum absolute atomic E-state index is 10.7. The lowest BCUT2D eigenvalue weighted by atomic mass is 9.74. The van der Waals surface area contributed by atoms with E-state index in [4.69, 9.17) is 5.11 Å². The van der Waals surface area contributed by atoms with Crippen LogP contribution in [0.15, 0.2) is 0 Å². The summed E-state index contributed by atoms with van der Waals surface area (Å²) in [6.07, 6.45) is 5.53. The highest BCUT2D eigenvalue weighted by molar-refractivity contribution is 5.71. The Morgan fingerprint density at radius 3 is 2.36 bits per heavy atom. The van der Waals surface area contributed by atoms with E-state index in [1.807, 2.05) is 0 Å². The number of fused-ring (bicyclic) bond motifs is 1. The zero-order valence-electron chi connectivity index (χ0n) is 8.35. The predicted molar refractivity (Wildman–Crippen MR) is 51.9 cm³/mol. The van der Waals surface area contributed by atoms with Gasteiger partial charge in [0, 0.05) is 19.1 Å². The fourth-order valence-corrected chi connectivity index (χ4v) is 3.45. The molecule has 1 aliphatic heterocycles. The Balaban J connectivity index is 1.56. The number of carboxylic acids is 1. The van der Waals surface area contributed by atoms with E-state index in [1.165, 1.54) is 25.7 Å². The third-order valence-electron chi connectivity index (χ3n) is 4.53. The number of carbonyl (C=O) groups is 1. The molecular formula is C11H17NO2. The van der Waals surface area contributed by atoms with Gasteiger partial charge in [-0.25, -0.2) is 0 Å². The highest BCUT2D eigenvalue weighted by Gasteiger charge is 2.48. The van der Waals surface area contributed by atoms with Gasteiger partial charge in [-0.05, 0) is 37.5 Å². The van der Waals surface area contributed by atoms with Gasteiger partial charge in [-0.2, -0.15) is 0 Å². The zero-order valence-corrected chi connectivity index (χ0v) is 8.35. The molecule has 3 heteroatoms. The van der Waals surface area contributed by atoms with Crippen molar-refractivity contribution >= 4 is 5.97 Å². The second kappa shape index (κ2) is 2.96. The van der Waals surface area contributed by atoms with Crippen LogP contribution < -0.4 is 0 Å². The molecule has 3 fully saturated rings. The smallest absolute Gasteiger partial charge is 0.309 e. The summed E-state index contributed by atoms with van der Waals surface area (Å²) in [4.78, 5) is 13.1. The van der Waals surface area contributed by atoms with Crippen LogP contribution in [-0.4, -0.2) is 35.1 Å². The van der Waals surface area contributed by atoms with Gasteiger partial charge in [-0.1, -0.05) is 0 Å². The molecule has 3 unspecified atom stereocenters. The lowest BCUT2D eigenvalue weighted by Gasteiger charge is -2.46. The van der Waals surface area contributed by atoms with Gasteiger partial charge in [0.15, 0.2) is 0 Å². The molecule has 0 spiro atoms. The minimum atomic E-state index is -0.607. The van der Waals surface area contributed by atoms with Gasteiger partial charge < -0.3 is 5.11 Å². The van der Waals surface area contributed by atoms with Crippen molar-refractivity contribution in [2.24, 2.45) is 17.8 Å². The minimum absolute atomic E-state index is 0.0749. The van der Waals surface area contributed by atoms with Crippen LogP contribution in [0.25, 0.3) is 0 Å². The summed E-state index contributed by atoms with van der Waals surface area (Å²) in [5, 5.41) is 8.80. The topological polar surface area (TPSA) is 40.5 Å². The fraction of sp³-hybridized carbons (Fsp3) is 0.909. The molecule has 0 bridgehead atoms. The Labute approximate surface area is 84.1 Å². The number of rotatable bonds is 2. The second-order valence-corrected chi connectivity index (χ2v) is 5.14. The van der Waals surface area contributed by atoms with Crippen LogP contribution in [0.2, 0.25) is 0 Å². The van der Waals surface area contributed by atoms with E-state index in [9.17, 15) is 4.79 Å². The van der Waals surface area contributed by atoms with Crippen molar-refractivity contribution in [3.05, 3.63) is 0 Å². The van der Waals surface area contributed by atoms with E-state index in [1.54, 1.807) is 0 Å². The number of aliphatic carboxylic acids is 1. The van der Waals surface area contributed by atoms with E-state index >= 15 is 0 Å². The van der Waals surface area contributed by atoms with E-state index in [-0.39, 0.29) is 5.92 Å². The minimum Gasteiger partial charge on any atom is -0.481 e. The number of hydrogen-bond donors (Lipinski definition) is 1. The molecule has 2 saturated carbocycles. The third-order valence-corrected chi connectivity index (χ3v) is 4.53. The van der Waals surface area contributed by atoms with Gasteiger partial charge in [-0.15, -0.1) is 0 Å². The highest BCUT2D eigenvalue weighted by Crippen LogP contribution is 2.49. The molecule has 2 aliphatic carbocycles. The molecule has 1 saturated heterocycles. The van der Waals surface area contributed by atoms with Crippen LogP contribution in [0.1, 0.15) is 25.7 Å². The summed E-state index contributed by atoms with van der Waals surface area (Å²) in [6.45, 7) is 1.62. The molecule has 3 atom stereocenters. The fourth-order valence-electron chi connectivity index (χ4n) is 3.45. The Morgan fingerprint density at radius 2 is 1.86 bits per heavy atom. The molecule has 0 aromatic heterocycles. The predicted octanol–water partition coefficient (Wildman–Crippen LogP) is 1.19. The summed E-state index contributed by atoms with van der Waals surface area (Å²) < 4.78 is 0. The molecular weight excluding hydrogens is 178 g/mol. The number of likely N-dealkylation sites (tertiary alicyclic amines) is 1. The molecule has 0 aromatic carbocycles. The van der Waals surface area contributed by atoms with Crippen LogP contribution in [-0.2, 0) is 4.79 Å². The average molecular weight is 195 g/mol. The number of hydrogen-bond acceptors (Lipinski definition) is 2. The zero-order chi connectivity index (χ0) is 9.71. The number of carboxylic acid groups (broad SMARTS) is 1. The lowest BCUT2D eigenvalue weighted by Crippen LogP contribution is -2.56. The van der Waals surface area contributed by atoms with E-state index < -0.39 is 5.97 Å². The first-order valence-electron chi connectivity index (χ1n) is 5.72. The standard InChI is InChI=1S/C11H17NO2/c13-11(14)8-5-12(6-8)10-4-2-7-1-3-9(7)10/h7-10H,1-6H2,(H,13,14). The summed E-state index contributed by atoms with van der Waals surface area (Å²) >= 11 is 0. The van der Waals surface area contributed by atoms with Crippen molar-refractivity contribution in [2.75, 3.05) is 13.1 Å². The van der Waals surface area contributed by atoms with Crippen molar-refractivity contribution in [1.82, 2.24) is 4.90 Å². The van der Waals surface area contributed by atoms with Crippen LogP contribution in [0.3, 0.4) is 0 Å². The molecule has 1 heterocycles. The maximum atomic E-state index is 10.7. The van der Waals surface area contributed by atoms with Gasteiger partial charge in [0.2, 0.25) is 0 Å². The quantitative estimate of drug-likeness (QED) is 0.719. The molecule has 0 radical (unpaired) electrons. The van der Waals surface area contributed by atoms with E-state index in [0.717, 1.165) is 31.0 Å². The molecule has 0 amide bonds. The van der Waals surface area contributed by atoms with Crippen molar-refractivity contribution < 1.29 is 9.90 Å². The van der Waals surface area contributed by atoms with Gasteiger partial charge in [-0.3, -0.25) is 9.69 Å². The normalized spacial score (nSPS) is 42.7. The Hall–Kier alpha value is -0.570. The first-order valence-corrected chi connectivity index (χ1v) is 5.72. The Kier molecular flexibility index (Phi) is 1.84. The van der Waals surface area contributed by atoms with Crippen molar-refractivity contribution in [1.29, 1.82) is 0 Å². The van der Waals surface area contributed by atoms with Gasteiger partial charge in [0.25, 0.3) is 0 Å². The van der Waals surface area contributed by atoms with Gasteiger partial charge >= 0.3 is 5.97 Å². The molecule has 3 rings (SSSR count). The van der Waals surface area contributed by atoms with Crippen LogP contribution in [0, 0.1) is 17.8 Å². The molecule has 0 aromatic rings. The summed E-state index contributed by atoms with van der Waals surface area (Å²) in [6, 6.07) is 0.740. The van der Waals surface area contributed by atoms with Crippen LogP contribution >= 0.6 is 0 Å². The highest BCUT2D eigenvalue weighted by atomic mass is 16.4. The van der Waals surface area contributed by atoms with Gasteiger partial charge in [0.1, 0.15) is 0 Å². The summed E-state index contributed by atoms with van der Waals surface area (Å²) in [5.41, 5.74) is 0. The average Bonchev–Trinajstić information content (AvgIpc) is 2.22. The van der Waals surface area contributed by atoms with Crippen LogP contribution in [0.5, 0.6) is 0 Å². The first-order chi connectivity index (χ1) is 6.75. The van der Waals surface area contributed by atoms with E-state index in [2.05, 4.69) is 4.90 Å². The first kappa shape index (κ1) is 8.72. The van der Waals surface area contributed by atoms with Crippen LogP contribution in [0.4, 0.5) is 0 Å². The second-order valence-electron chi connectivity index (χ2n) is 5.14. The van der Waals surface area contributed by atoms with E-state index in [0.29, 0.717) is 0 Å². The number of nitrogens with zero attached hydrogens (tertiary/aromatic N) is 1. The maximum Gasteiger partial charge on any atom is 0.309 e. The van der Waals surface area contributed by atoms with Crippen molar-refractivity contribution in [2.45, 2.75) is 31.7 Å². The molecule has 1 N–H and O–H groups in total. The monoisotopic (exact) mass is 195 g/mol.